The molecule has 0 saturated carbocycles. The summed E-state index contributed by atoms with van der Waals surface area (Å²) in [6, 6.07) is 21.4. The summed E-state index contributed by atoms with van der Waals surface area (Å²) >= 11 is 0. The highest BCUT2D eigenvalue weighted by Gasteiger charge is 2.23. The first-order valence-electron chi connectivity index (χ1n) is 8.22. The molecule has 1 N–H and O–H groups in total. The molecule has 0 bridgehead atoms. The number of nitrogens with zero attached hydrogens (tertiary/aromatic N) is 1. The summed E-state index contributed by atoms with van der Waals surface area (Å²) in [5.41, 5.74) is 2.77. The van der Waals surface area contributed by atoms with Gasteiger partial charge in [0, 0.05) is 17.5 Å². The SMILES string of the molecule is CCCC(=O)Nc1oc(-c2ccccc2)c(-c2ccccc2)c1C#N. The number of nitriles is 1. The van der Waals surface area contributed by atoms with Crippen LogP contribution in [-0.2, 0) is 4.79 Å². The van der Waals surface area contributed by atoms with Crippen LogP contribution in [0.4, 0.5) is 5.88 Å². The van der Waals surface area contributed by atoms with Crippen LogP contribution in [0.25, 0.3) is 22.5 Å². The molecule has 3 aromatic rings. The van der Waals surface area contributed by atoms with E-state index in [4.69, 9.17) is 4.42 Å². The number of rotatable bonds is 5. The van der Waals surface area contributed by atoms with E-state index in [1.54, 1.807) is 0 Å². The van der Waals surface area contributed by atoms with Gasteiger partial charge in [0.05, 0.1) is 0 Å². The van der Waals surface area contributed by atoms with Crippen molar-refractivity contribution in [2.75, 3.05) is 5.32 Å². The lowest BCUT2D eigenvalue weighted by molar-refractivity contribution is -0.116. The Hall–Kier alpha value is -3.32. The molecule has 0 atom stereocenters. The van der Waals surface area contributed by atoms with Gasteiger partial charge in [0.1, 0.15) is 17.4 Å². The Bertz CT molecular complexity index is 906. The number of hydrogen-bond acceptors (Lipinski definition) is 3. The smallest absolute Gasteiger partial charge is 0.226 e. The number of benzene rings is 2. The molecule has 124 valence electrons. The van der Waals surface area contributed by atoms with E-state index in [-0.39, 0.29) is 11.8 Å². The zero-order chi connectivity index (χ0) is 17.6. The number of carbonyl (C=O) groups excluding carboxylic acids is 1. The molecule has 3 rings (SSSR count). The molecule has 0 aliphatic heterocycles. The van der Waals surface area contributed by atoms with Crippen molar-refractivity contribution in [1.29, 1.82) is 5.26 Å². The minimum atomic E-state index is -0.160. The van der Waals surface area contributed by atoms with Gasteiger partial charge in [-0.25, -0.2) is 0 Å². The zero-order valence-corrected chi connectivity index (χ0v) is 14.0. The molecule has 4 heteroatoms. The molecule has 0 spiro atoms. The molecule has 0 aliphatic carbocycles. The van der Waals surface area contributed by atoms with E-state index in [0.29, 0.717) is 23.3 Å². The molecule has 0 fully saturated rings. The minimum absolute atomic E-state index is 0.160. The fraction of sp³-hybridized carbons (Fsp3) is 0.143. The van der Waals surface area contributed by atoms with Gasteiger partial charge in [-0.05, 0) is 12.0 Å². The van der Waals surface area contributed by atoms with Crippen molar-refractivity contribution in [1.82, 2.24) is 0 Å². The van der Waals surface area contributed by atoms with Gasteiger partial charge in [-0.3, -0.25) is 10.1 Å². The fourth-order valence-corrected chi connectivity index (χ4v) is 2.72. The van der Waals surface area contributed by atoms with Crippen molar-refractivity contribution in [2.45, 2.75) is 19.8 Å². The Morgan fingerprint density at radius 2 is 1.64 bits per heavy atom. The zero-order valence-electron chi connectivity index (χ0n) is 14.0. The van der Waals surface area contributed by atoms with Crippen molar-refractivity contribution in [3.05, 3.63) is 66.2 Å². The Morgan fingerprint density at radius 1 is 1.04 bits per heavy atom. The third kappa shape index (κ3) is 3.46. The average molecular weight is 330 g/mol. The first kappa shape index (κ1) is 16.5. The van der Waals surface area contributed by atoms with Crippen molar-refractivity contribution in [3.63, 3.8) is 0 Å². The topological polar surface area (TPSA) is 66.0 Å². The summed E-state index contributed by atoms with van der Waals surface area (Å²) in [6.45, 7) is 1.93. The first-order chi connectivity index (χ1) is 12.2. The Balaban J connectivity index is 2.18. The van der Waals surface area contributed by atoms with Crippen LogP contribution in [0.2, 0.25) is 0 Å². The molecule has 1 aromatic heterocycles. The molecule has 4 nitrogen and oxygen atoms in total. The molecule has 0 radical (unpaired) electrons. The van der Waals surface area contributed by atoms with E-state index in [1.807, 2.05) is 67.6 Å². The first-order valence-corrected chi connectivity index (χ1v) is 8.22. The van der Waals surface area contributed by atoms with Gasteiger partial charge in [-0.1, -0.05) is 67.6 Å². The monoisotopic (exact) mass is 330 g/mol. The predicted octanol–water partition coefficient (Wildman–Crippen LogP) is 5.22. The Morgan fingerprint density at radius 3 is 2.20 bits per heavy atom. The number of carbonyl (C=O) groups is 1. The second kappa shape index (κ2) is 7.50. The van der Waals surface area contributed by atoms with E-state index in [2.05, 4.69) is 11.4 Å². The van der Waals surface area contributed by atoms with Crippen LogP contribution in [-0.4, -0.2) is 5.91 Å². The normalized spacial score (nSPS) is 10.2. The Labute approximate surface area is 146 Å². The van der Waals surface area contributed by atoms with Gasteiger partial charge in [0.15, 0.2) is 0 Å². The second-order valence-corrected chi connectivity index (χ2v) is 5.65. The predicted molar refractivity (Wildman–Crippen MR) is 97.8 cm³/mol. The lowest BCUT2D eigenvalue weighted by atomic mass is 9.98. The number of anilines is 1. The van der Waals surface area contributed by atoms with Crippen molar-refractivity contribution >= 4 is 11.8 Å². The summed E-state index contributed by atoms with van der Waals surface area (Å²) in [4.78, 5) is 12.0. The Kier molecular flexibility index (Phi) is 4.96. The number of hydrogen-bond donors (Lipinski definition) is 1. The van der Waals surface area contributed by atoms with Crippen molar-refractivity contribution in [3.8, 4) is 28.5 Å². The molecule has 0 aliphatic rings. The molecular formula is C21H18N2O2. The van der Waals surface area contributed by atoms with Crippen LogP contribution < -0.4 is 5.32 Å². The van der Waals surface area contributed by atoms with E-state index in [0.717, 1.165) is 17.5 Å². The van der Waals surface area contributed by atoms with Crippen molar-refractivity contribution in [2.24, 2.45) is 0 Å². The van der Waals surface area contributed by atoms with Gasteiger partial charge < -0.3 is 4.42 Å². The van der Waals surface area contributed by atoms with Crippen LogP contribution >= 0.6 is 0 Å². The lowest BCUT2D eigenvalue weighted by Crippen LogP contribution is -2.10. The van der Waals surface area contributed by atoms with Gasteiger partial charge >= 0.3 is 0 Å². The van der Waals surface area contributed by atoms with Gasteiger partial charge in [0.2, 0.25) is 11.8 Å². The van der Waals surface area contributed by atoms with E-state index < -0.39 is 0 Å². The highest BCUT2D eigenvalue weighted by molar-refractivity contribution is 5.95. The molecule has 0 unspecified atom stereocenters. The van der Waals surface area contributed by atoms with Crippen molar-refractivity contribution < 1.29 is 9.21 Å². The average Bonchev–Trinajstić information content (AvgIpc) is 3.01. The summed E-state index contributed by atoms with van der Waals surface area (Å²) in [5, 5.41) is 12.4. The maximum Gasteiger partial charge on any atom is 0.226 e. The van der Waals surface area contributed by atoms with E-state index in [9.17, 15) is 10.1 Å². The number of amides is 1. The highest BCUT2D eigenvalue weighted by Crippen LogP contribution is 2.41. The molecule has 2 aromatic carbocycles. The van der Waals surface area contributed by atoms with Crippen LogP contribution in [0, 0.1) is 11.3 Å². The van der Waals surface area contributed by atoms with Crippen LogP contribution in [0.1, 0.15) is 25.3 Å². The largest absolute Gasteiger partial charge is 0.438 e. The quantitative estimate of drug-likeness (QED) is 0.697. The third-order valence-corrected chi connectivity index (χ3v) is 3.85. The van der Waals surface area contributed by atoms with E-state index >= 15 is 0 Å². The summed E-state index contributed by atoms with van der Waals surface area (Å²) in [7, 11) is 0. The maximum absolute atomic E-state index is 12.0. The molecule has 0 saturated heterocycles. The van der Waals surface area contributed by atoms with Crippen LogP contribution in [0.5, 0.6) is 0 Å². The molecule has 1 amide bonds. The van der Waals surface area contributed by atoms with Gasteiger partial charge in [-0.15, -0.1) is 0 Å². The standard InChI is InChI=1S/C21H18N2O2/c1-2-9-18(24)23-21-17(14-22)19(15-10-5-3-6-11-15)20(25-21)16-12-7-4-8-13-16/h3-8,10-13H,2,9H2,1H3,(H,23,24). The minimum Gasteiger partial charge on any atom is -0.438 e. The molecule has 1 heterocycles. The van der Waals surface area contributed by atoms with Crippen LogP contribution in [0.15, 0.2) is 65.1 Å². The second-order valence-electron chi connectivity index (χ2n) is 5.65. The lowest BCUT2D eigenvalue weighted by Gasteiger charge is -2.03. The molecule has 25 heavy (non-hydrogen) atoms. The third-order valence-electron chi connectivity index (χ3n) is 3.85. The fourth-order valence-electron chi connectivity index (χ4n) is 2.72. The summed E-state index contributed by atoms with van der Waals surface area (Å²) in [6.07, 6.45) is 1.11. The number of furan rings is 1. The summed E-state index contributed by atoms with van der Waals surface area (Å²) < 4.78 is 5.94. The number of nitrogens with one attached hydrogen (secondary N) is 1. The van der Waals surface area contributed by atoms with E-state index in [1.165, 1.54) is 0 Å². The summed E-state index contributed by atoms with van der Waals surface area (Å²) in [5.74, 6) is 0.626. The van der Waals surface area contributed by atoms with Gasteiger partial charge in [-0.2, -0.15) is 5.26 Å². The van der Waals surface area contributed by atoms with Gasteiger partial charge in [0.25, 0.3) is 0 Å². The molecular weight excluding hydrogens is 312 g/mol. The maximum atomic E-state index is 12.0. The highest BCUT2D eigenvalue weighted by atomic mass is 16.4. The van der Waals surface area contributed by atoms with Crippen LogP contribution in [0.3, 0.4) is 0 Å².